The third-order valence-electron chi connectivity index (χ3n) is 6.90. The molecular weight excluding hydrogens is 498 g/mol. The smallest absolute Gasteiger partial charge is 0.297 e. The van der Waals surface area contributed by atoms with E-state index in [1.165, 1.54) is 16.2 Å². The molecule has 0 radical (unpaired) electrons. The molecule has 0 spiro atoms. The first-order valence-electron chi connectivity index (χ1n) is 12.4. The summed E-state index contributed by atoms with van der Waals surface area (Å²) in [5, 5.41) is 10.2. The van der Waals surface area contributed by atoms with Gasteiger partial charge in [-0.15, -0.1) is 10.2 Å². The lowest BCUT2D eigenvalue weighted by molar-refractivity contribution is 0.0970. The molecule has 7 nitrogen and oxygen atoms in total. The minimum atomic E-state index is -0.694. The first-order valence-corrected chi connectivity index (χ1v) is 13.3. The van der Waals surface area contributed by atoms with Crippen LogP contribution in [-0.4, -0.2) is 16.1 Å². The van der Waals surface area contributed by atoms with Gasteiger partial charge in [0.05, 0.1) is 17.0 Å². The number of aryl methyl sites for hydroxylation is 3. The van der Waals surface area contributed by atoms with Gasteiger partial charge < -0.3 is 9.15 Å². The summed E-state index contributed by atoms with van der Waals surface area (Å²) in [5.41, 5.74) is 4.30. The molecule has 0 aliphatic carbocycles. The van der Waals surface area contributed by atoms with E-state index in [4.69, 9.17) is 9.15 Å². The van der Waals surface area contributed by atoms with Gasteiger partial charge in [-0.1, -0.05) is 60.7 Å². The van der Waals surface area contributed by atoms with Crippen LogP contribution in [0.2, 0.25) is 0 Å². The van der Waals surface area contributed by atoms with Gasteiger partial charge in [-0.3, -0.25) is 14.5 Å². The number of anilines is 1. The van der Waals surface area contributed by atoms with Crippen LogP contribution in [0.25, 0.3) is 11.0 Å². The highest BCUT2D eigenvalue weighted by Gasteiger charge is 2.45. The first kappa shape index (κ1) is 24.1. The van der Waals surface area contributed by atoms with Crippen molar-refractivity contribution in [2.45, 2.75) is 39.8 Å². The highest BCUT2D eigenvalue weighted by Crippen LogP contribution is 2.42. The number of nitrogens with zero attached hydrogens (tertiary/aromatic N) is 3. The van der Waals surface area contributed by atoms with Gasteiger partial charge in [0.2, 0.25) is 10.9 Å². The molecule has 0 saturated carbocycles. The van der Waals surface area contributed by atoms with E-state index in [1.807, 2.05) is 87.5 Å². The van der Waals surface area contributed by atoms with Gasteiger partial charge in [-0.05, 0) is 66.8 Å². The van der Waals surface area contributed by atoms with Crippen LogP contribution in [0, 0.1) is 13.8 Å². The summed E-state index contributed by atoms with van der Waals surface area (Å²) in [4.78, 5) is 29.2. The van der Waals surface area contributed by atoms with Crippen LogP contribution in [0.1, 0.15) is 56.3 Å². The summed E-state index contributed by atoms with van der Waals surface area (Å²) < 4.78 is 12.1. The molecule has 1 atom stereocenters. The van der Waals surface area contributed by atoms with Crippen LogP contribution in [0.5, 0.6) is 5.75 Å². The molecule has 0 saturated heterocycles. The van der Waals surface area contributed by atoms with E-state index in [1.54, 1.807) is 0 Å². The molecular formula is C30H25N3O4S. The van der Waals surface area contributed by atoms with Crippen molar-refractivity contribution in [2.75, 3.05) is 4.90 Å². The number of aromatic nitrogens is 2. The summed E-state index contributed by atoms with van der Waals surface area (Å²) >= 11 is 1.34. The Bertz CT molecular complexity index is 1730. The molecule has 1 aliphatic heterocycles. The lowest BCUT2D eigenvalue weighted by atomic mass is 9.97. The second-order valence-corrected chi connectivity index (χ2v) is 10.4. The normalized spacial score (nSPS) is 14.8. The quantitative estimate of drug-likeness (QED) is 0.265. The lowest BCUT2D eigenvalue weighted by Gasteiger charge is -2.22. The van der Waals surface area contributed by atoms with Gasteiger partial charge in [0.15, 0.2) is 5.43 Å². The number of ether oxygens (including phenoxy) is 1. The number of hydrogen-bond acceptors (Lipinski definition) is 7. The minimum Gasteiger partial charge on any atom is -0.489 e. The van der Waals surface area contributed by atoms with Crippen LogP contribution in [0.3, 0.4) is 0 Å². The average molecular weight is 524 g/mol. The minimum absolute atomic E-state index is 0.0494. The van der Waals surface area contributed by atoms with Gasteiger partial charge >= 0.3 is 0 Å². The van der Waals surface area contributed by atoms with Crippen molar-refractivity contribution < 1.29 is 13.9 Å². The van der Waals surface area contributed by atoms with Gasteiger partial charge in [0, 0.05) is 0 Å². The summed E-state index contributed by atoms with van der Waals surface area (Å²) in [6.07, 6.45) is 0.699. The molecule has 0 fully saturated rings. The molecule has 1 unspecified atom stereocenters. The number of rotatable bonds is 6. The molecule has 190 valence electrons. The van der Waals surface area contributed by atoms with E-state index in [0.717, 1.165) is 27.3 Å². The Balaban J connectivity index is 1.45. The van der Waals surface area contributed by atoms with Crippen LogP contribution in [0.15, 0.2) is 75.9 Å². The molecule has 1 aliphatic rings. The van der Waals surface area contributed by atoms with Gasteiger partial charge in [-0.2, -0.15) is 0 Å². The second kappa shape index (κ2) is 9.54. The van der Waals surface area contributed by atoms with Crippen molar-refractivity contribution >= 4 is 33.3 Å². The van der Waals surface area contributed by atoms with Crippen molar-refractivity contribution in [3.8, 4) is 5.75 Å². The van der Waals surface area contributed by atoms with Crippen LogP contribution in [0.4, 0.5) is 5.13 Å². The fourth-order valence-corrected chi connectivity index (χ4v) is 5.52. The average Bonchev–Trinajstić information content (AvgIpc) is 3.52. The zero-order valence-electron chi connectivity index (χ0n) is 21.2. The summed E-state index contributed by atoms with van der Waals surface area (Å²) in [6.45, 7) is 6.33. The maximum absolute atomic E-state index is 13.9. The number of amides is 1. The van der Waals surface area contributed by atoms with E-state index in [-0.39, 0.29) is 11.2 Å². The number of benzene rings is 3. The van der Waals surface area contributed by atoms with Crippen molar-refractivity contribution in [3.05, 3.63) is 116 Å². The van der Waals surface area contributed by atoms with Crippen LogP contribution in [-0.2, 0) is 13.0 Å². The number of carbonyl (C=O) groups excluding carboxylic acids is 1. The third kappa shape index (κ3) is 4.07. The summed E-state index contributed by atoms with van der Waals surface area (Å²) in [5.74, 6) is 0.341. The van der Waals surface area contributed by atoms with E-state index in [9.17, 15) is 9.59 Å². The fraction of sp³-hybridized carbons (Fsp3) is 0.200. The zero-order valence-corrected chi connectivity index (χ0v) is 22.0. The number of fused-ring (bicyclic) bond motifs is 2. The standard InChI is InChI=1S/C30H25N3O4S/c1-4-24-31-32-30(38-24)33-26(20-10-12-21(13-11-20)36-16-19-8-6-5-7-9-19)25-27(34)22-14-17(2)18(3)15-23(22)37-28(25)29(33)35/h5-15,26H,4,16H2,1-3H3. The molecule has 38 heavy (non-hydrogen) atoms. The second-order valence-electron chi connectivity index (χ2n) is 9.36. The van der Waals surface area contributed by atoms with Crippen molar-refractivity contribution in [1.82, 2.24) is 10.2 Å². The summed E-state index contributed by atoms with van der Waals surface area (Å²) in [7, 11) is 0. The van der Waals surface area contributed by atoms with Crippen molar-refractivity contribution in [1.29, 1.82) is 0 Å². The molecule has 3 aromatic carbocycles. The third-order valence-corrected chi connectivity index (χ3v) is 7.96. The summed E-state index contributed by atoms with van der Waals surface area (Å²) in [6, 6.07) is 20.4. The predicted octanol–water partition coefficient (Wildman–Crippen LogP) is 6.15. The van der Waals surface area contributed by atoms with Crippen molar-refractivity contribution in [3.63, 3.8) is 0 Å². The van der Waals surface area contributed by atoms with Crippen LogP contribution >= 0.6 is 11.3 Å². The van der Waals surface area contributed by atoms with Gasteiger partial charge in [-0.25, -0.2) is 0 Å². The molecule has 1 amide bonds. The molecule has 5 aromatic rings. The monoisotopic (exact) mass is 523 g/mol. The Morgan fingerprint density at radius 3 is 2.42 bits per heavy atom. The SMILES string of the molecule is CCc1nnc(N2C(=O)c3oc4cc(C)c(C)cc4c(=O)c3C2c2ccc(OCc3ccccc3)cc2)s1. The fourth-order valence-electron chi connectivity index (χ4n) is 4.71. The van der Waals surface area contributed by atoms with E-state index < -0.39 is 11.9 Å². The maximum Gasteiger partial charge on any atom is 0.297 e. The topological polar surface area (TPSA) is 85.5 Å². The number of hydrogen-bond donors (Lipinski definition) is 0. The van der Waals surface area contributed by atoms with Gasteiger partial charge in [0.25, 0.3) is 5.91 Å². The molecule has 8 heteroatoms. The van der Waals surface area contributed by atoms with E-state index in [2.05, 4.69) is 10.2 Å². The molecule has 2 aromatic heterocycles. The zero-order chi connectivity index (χ0) is 26.4. The molecule has 3 heterocycles. The Labute approximate surface area is 223 Å². The highest BCUT2D eigenvalue weighted by atomic mass is 32.1. The molecule has 0 N–H and O–H groups in total. The number of carbonyl (C=O) groups is 1. The highest BCUT2D eigenvalue weighted by molar-refractivity contribution is 7.15. The van der Waals surface area contributed by atoms with Crippen LogP contribution < -0.4 is 15.1 Å². The largest absolute Gasteiger partial charge is 0.489 e. The van der Waals surface area contributed by atoms with E-state index >= 15 is 0 Å². The Morgan fingerprint density at radius 2 is 1.71 bits per heavy atom. The Morgan fingerprint density at radius 1 is 0.974 bits per heavy atom. The predicted molar refractivity (Wildman–Crippen MR) is 147 cm³/mol. The first-order chi connectivity index (χ1) is 18.4. The lowest BCUT2D eigenvalue weighted by Crippen LogP contribution is -2.29. The Hall–Kier alpha value is -4.30. The molecule has 6 rings (SSSR count). The van der Waals surface area contributed by atoms with E-state index in [0.29, 0.717) is 40.4 Å². The van der Waals surface area contributed by atoms with Gasteiger partial charge in [0.1, 0.15) is 22.9 Å². The Kier molecular flexibility index (Phi) is 6.04. The maximum atomic E-state index is 13.9. The van der Waals surface area contributed by atoms with Crippen molar-refractivity contribution in [2.24, 2.45) is 0 Å². The molecule has 0 bridgehead atoms.